The summed E-state index contributed by atoms with van der Waals surface area (Å²) in [5, 5.41) is 0. The Hall–Kier alpha value is -0.720. The molecule has 0 amide bonds. The molecule has 1 atom stereocenters. The lowest BCUT2D eigenvalue weighted by molar-refractivity contribution is -0.178. The minimum absolute atomic E-state index is 0.00905. The molecule has 1 fully saturated rings. The van der Waals surface area contributed by atoms with Gasteiger partial charge in [-0.3, -0.25) is 4.90 Å². The molecule has 1 aliphatic heterocycles. The van der Waals surface area contributed by atoms with E-state index in [-0.39, 0.29) is 13.1 Å². The van der Waals surface area contributed by atoms with Gasteiger partial charge in [0.05, 0.1) is 0 Å². The minimum Gasteiger partial charge on any atom is -0.286 e. The summed E-state index contributed by atoms with van der Waals surface area (Å²) in [6, 6.07) is -2.80. The molecule has 1 unspecified atom stereocenters. The molecule has 0 saturated carbocycles. The molecule has 0 aliphatic carbocycles. The number of alkyl halides is 3. The van der Waals surface area contributed by atoms with E-state index in [9.17, 15) is 26.3 Å². The van der Waals surface area contributed by atoms with Crippen molar-refractivity contribution in [3.05, 3.63) is 11.9 Å². The Balaban J connectivity index is 2.93. The number of rotatable bonds is 2. The van der Waals surface area contributed by atoms with Crippen molar-refractivity contribution in [2.24, 2.45) is 0 Å². The molecule has 1 aliphatic rings. The highest BCUT2D eigenvalue weighted by atomic mass is 19.4. The Kier molecular flexibility index (Phi) is 4.85. The molecule has 0 N–H and O–H groups in total. The van der Waals surface area contributed by atoms with Crippen LogP contribution in [0.25, 0.3) is 0 Å². The summed E-state index contributed by atoms with van der Waals surface area (Å²) in [6.07, 6.45) is -5.49. The minimum atomic E-state index is -5.02. The first-order valence-corrected chi connectivity index (χ1v) is 5.35. The van der Waals surface area contributed by atoms with E-state index >= 15 is 0 Å². The smallest absolute Gasteiger partial charge is 0.286 e. The van der Waals surface area contributed by atoms with Crippen LogP contribution in [0.4, 0.5) is 26.3 Å². The molecule has 0 bridgehead atoms. The summed E-state index contributed by atoms with van der Waals surface area (Å²) in [4.78, 5) is 0.751. The fourth-order valence-electron chi connectivity index (χ4n) is 1.97. The first kappa shape index (κ1) is 14.3. The average molecular weight is 261 g/mol. The molecule has 0 aromatic rings. The lowest BCUT2D eigenvalue weighted by Crippen LogP contribution is -2.46. The average Bonchev–Trinajstić information content (AvgIpc) is 2.44. The van der Waals surface area contributed by atoms with E-state index in [0.29, 0.717) is 12.8 Å². The van der Waals surface area contributed by atoms with Crippen molar-refractivity contribution in [1.29, 1.82) is 0 Å². The molecule has 0 aromatic carbocycles. The Bertz CT molecular complexity index is 273. The fourth-order valence-corrected chi connectivity index (χ4v) is 1.97. The van der Waals surface area contributed by atoms with E-state index in [0.717, 1.165) is 17.7 Å². The molecular weight excluding hydrogens is 248 g/mol. The van der Waals surface area contributed by atoms with E-state index < -0.39 is 24.1 Å². The lowest BCUT2D eigenvalue weighted by Gasteiger charge is -2.30. The van der Waals surface area contributed by atoms with Gasteiger partial charge in [-0.1, -0.05) is 12.8 Å². The molecule has 7 heteroatoms. The number of likely N-dealkylation sites (tertiary alicyclic amines) is 1. The van der Waals surface area contributed by atoms with Crippen molar-refractivity contribution in [2.75, 3.05) is 13.1 Å². The summed E-state index contributed by atoms with van der Waals surface area (Å²) in [5.41, 5.74) is 0. The van der Waals surface area contributed by atoms with Gasteiger partial charge in [0, 0.05) is 0 Å². The van der Waals surface area contributed by atoms with Crippen molar-refractivity contribution in [2.45, 2.75) is 37.9 Å². The van der Waals surface area contributed by atoms with E-state index in [1.54, 1.807) is 0 Å². The topological polar surface area (TPSA) is 3.24 Å². The zero-order valence-corrected chi connectivity index (χ0v) is 9.03. The highest BCUT2D eigenvalue weighted by Crippen LogP contribution is 2.34. The maximum Gasteiger partial charge on any atom is 0.410 e. The zero-order chi connectivity index (χ0) is 13.1. The molecule has 1 rings (SSSR count). The van der Waals surface area contributed by atoms with Crippen LogP contribution in [0.2, 0.25) is 0 Å². The van der Waals surface area contributed by atoms with Gasteiger partial charge in [-0.05, 0) is 25.9 Å². The fraction of sp³-hybridized carbons (Fsp3) is 0.800. The Morgan fingerprint density at radius 2 is 1.35 bits per heavy atom. The monoisotopic (exact) mass is 261 g/mol. The molecule has 100 valence electrons. The molecule has 0 spiro atoms. The standard InChI is InChI=1S/C10H13F6N/c11-7(9(12)13)8(10(14,15)16)17-5-3-1-2-4-6-17/h8H,1-6H2. The quantitative estimate of drug-likeness (QED) is 0.682. The van der Waals surface area contributed by atoms with Crippen LogP contribution in [-0.4, -0.2) is 30.2 Å². The molecule has 0 radical (unpaired) electrons. The van der Waals surface area contributed by atoms with Gasteiger partial charge in [0.25, 0.3) is 0 Å². The van der Waals surface area contributed by atoms with Crippen molar-refractivity contribution in [1.82, 2.24) is 4.90 Å². The second-order valence-electron chi connectivity index (χ2n) is 4.00. The van der Waals surface area contributed by atoms with Gasteiger partial charge >= 0.3 is 12.3 Å². The highest BCUT2D eigenvalue weighted by Gasteiger charge is 2.48. The second kappa shape index (κ2) is 5.75. The van der Waals surface area contributed by atoms with Crippen LogP contribution >= 0.6 is 0 Å². The molecule has 0 aromatic heterocycles. The van der Waals surface area contributed by atoms with E-state index in [1.165, 1.54) is 0 Å². The third kappa shape index (κ3) is 3.90. The second-order valence-corrected chi connectivity index (χ2v) is 4.00. The first-order chi connectivity index (χ1) is 7.84. The van der Waals surface area contributed by atoms with Crippen LogP contribution in [0.1, 0.15) is 25.7 Å². The maximum atomic E-state index is 13.0. The Morgan fingerprint density at radius 3 is 1.71 bits per heavy atom. The summed E-state index contributed by atoms with van der Waals surface area (Å²) in [5.74, 6) is -2.38. The van der Waals surface area contributed by atoms with Gasteiger partial charge in [0.2, 0.25) is 0 Å². The van der Waals surface area contributed by atoms with Crippen LogP contribution in [0, 0.1) is 0 Å². The zero-order valence-electron chi connectivity index (χ0n) is 9.03. The van der Waals surface area contributed by atoms with Crippen LogP contribution in [0.5, 0.6) is 0 Å². The largest absolute Gasteiger partial charge is 0.410 e. The summed E-state index contributed by atoms with van der Waals surface area (Å²) >= 11 is 0. The molecule has 17 heavy (non-hydrogen) atoms. The van der Waals surface area contributed by atoms with Gasteiger partial charge in [0.1, 0.15) is 0 Å². The maximum absolute atomic E-state index is 13.0. The Morgan fingerprint density at radius 1 is 0.882 bits per heavy atom. The number of hydrogen-bond acceptors (Lipinski definition) is 1. The first-order valence-electron chi connectivity index (χ1n) is 5.35. The predicted octanol–water partition coefficient (Wildman–Crippen LogP) is 3.87. The van der Waals surface area contributed by atoms with Crippen molar-refractivity contribution in [3.8, 4) is 0 Å². The van der Waals surface area contributed by atoms with Crippen LogP contribution in [0.3, 0.4) is 0 Å². The molecule has 1 nitrogen and oxygen atoms in total. The van der Waals surface area contributed by atoms with Gasteiger partial charge in [-0.2, -0.15) is 22.0 Å². The SMILES string of the molecule is FC(F)=C(F)C(N1CCCCCC1)C(F)(F)F. The van der Waals surface area contributed by atoms with Gasteiger partial charge in [0.15, 0.2) is 11.9 Å². The predicted molar refractivity (Wildman–Crippen MR) is 50.2 cm³/mol. The lowest BCUT2D eigenvalue weighted by atomic mass is 10.2. The van der Waals surface area contributed by atoms with Crippen molar-refractivity contribution in [3.63, 3.8) is 0 Å². The number of nitrogens with zero attached hydrogens (tertiary/aromatic N) is 1. The van der Waals surface area contributed by atoms with Crippen LogP contribution in [-0.2, 0) is 0 Å². The van der Waals surface area contributed by atoms with Crippen molar-refractivity contribution < 1.29 is 26.3 Å². The van der Waals surface area contributed by atoms with Crippen LogP contribution < -0.4 is 0 Å². The van der Waals surface area contributed by atoms with Gasteiger partial charge in [-0.25, -0.2) is 4.39 Å². The number of halogens is 6. The summed E-state index contributed by atoms with van der Waals surface area (Å²) < 4.78 is 74.9. The normalized spacial score (nSPS) is 20.8. The molecule has 1 saturated heterocycles. The highest BCUT2D eigenvalue weighted by molar-refractivity contribution is 5.07. The summed E-state index contributed by atoms with van der Waals surface area (Å²) in [7, 11) is 0. The third-order valence-corrected chi connectivity index (χ3v) is 2.74. The van der Waals surface area contributed by atoms with Crippen molar-refractivity contribution >= 4 is 0 Å². The van der Waals surface area contributed by atoms with Gasteiger partial charge in [-0.15, -0.1) is 0 Å². The van der Waals surface area contributed by atoms with E-state index in [1.807, 2.05) is 0 Å². The molecule has 1 heterocycles. The summed E-state index contributed by atoms with van der Waals surface area (Å²) in [6.45, 7) is -0.0181. The molecular formula is C10H13F6N. The number of hydrogen-bond donors (Lipinski definition) is 0. The van der Waals surface area contributed by atoms with E-state index in [2.05, 4.69) is 0 Å². The van der Waals surface area contributed by atoms with Gasteiger partial charge < -0.3 is 0 Å². The Labute approximate surface area is 95.1 Å². The third-order valence-electron chi connectivity index (χ3n) is 2.74. The van der Waals surface area contributed by atoms with Crippen LogP contribution in [0.15, 0.2) is 11.9 Å². The van der Waals surface area contributed by atoms with E-state index in [4.69, 9.17) is 0 Å².